The number of nitrogens with two attached hydrogens (primary N) is 2. The minimum atomic E-state index is -0.463. The summed E-state index contributed by atoms with van der Waals surface area (Å²) < 4.78 is 4.64. The Morgan fingerprint density at radius 3 is 1.65 bits per heavy atom. The number of aliphatic imine (C=N–C) groups is 1. The number of amides is 4. The first kappa shape index (κ1) is 31.0. The fraction of sp³-hybridized carbons (Fsp3) is 0.250. The predicted molar refractivity (Wildman–Crippen MR) is 151 cm³/mol. The molecule has 16 heteroatoms. The molecule has 0 radical (unpaired) electrons. The van der Waals surface area contributed by atoms with Crippen LogP contribution in [0.3, 0.4) is 0 Å². The maximum Gasteiger partial charge on any atom is 0.272 e. The van der Waals surface area contributed by atoms with E-state index in [0.29, 0.717) is 22.8 Å². The second-order valence-corrected chi connectivity index (χ2v) is 8.54. The van der Waals surface area contributed by atoms with Gasteiger partial charge in [0.05, 0.1) is 29.6 Å². The quantitative estimate of drug-likeness (QED) is 0.115. The summed E-state index contributed by atoms with van der Waals surface area (Å²) in [5, 5.41) is 19.3. The van der Waals surface area contributed by atoms with Crippen LogP contribution < -0.4 is 32.7 Å². The van der Waals surface area contributed by atoms with E-state index in [1.54, 1.807) is 48.9 Å². The molecule has 3 aromatic rings. The zero-order chi connectivity index (χ0) is 28.7. The fourth-order valence-electron chi connectivity index (χ4n) is 3.65. The third-order valence-electron chi connectivity index (χ3n) is 5.44. The predicted octanol–water partition coefficient (Wildman–Crippen LogP) is 0.484. The van der Waals surface area contributed by atoms with Gasteiger partial charge in [-0.1, -0.05) is 0 Å². The third-order valence-corrected chi connectivity index (χ3v) is 5.44. The first-order chi connectivity index (χ1) is 18.5. The summed E-state index contributed by atoms with van der Waals surface area (Å²) in [4.78, 5) is 53.6. The molecule has 3 aromatic heterocycles. The van der Waals surface area contributed by atoms with Gasteiger partial charge in [0.2, 0.25) is 5.91 Å². The van der Waals surface area contributed by atoms with Crippen molar-refractivity contribution in [1.29, 1.82) is 5.26 Å². The summed E-state index contributed by atoms with van der Waals surface area (Å²) in [7, 11) is 4.95. The standard InChI is InChI=1S/C24H29N11O4.ClH/c1-33-12-15(8-17(33)21(37)28-6-4-5-25)31-23(39)19-9-16(13-35(19)3)32-22(38)18-7-14(11-34(18)2)30-20(36)10-29-24(26)27;/h7-9,11-13H,4,6,10H2,1-3H3,(H,28,37)(H,30,36)(H,31,39)(H,32,38)(H4,26,27,29);1H. The maximum atomic E-state index is 12.9. The molecule has 0 aliphatic carbocycles. The van der Waals surface area contributed by atoms with Crippen LogP contribution in [-0.4, -0.2) is 56.4 Å². The van der Waals surface area contributed by atoms with E-state index in [-0.39, 0.29) is 55.2 Å². The minimum absolute atomic E-state index is 0. The lowest BCUT2D eigenvalue weighted by Crippen LogP contribution is -2.25. The summed E-state index contributed by atoms with van der Waals surface area (Å²) in [5.74, 6) is -1.95. The summed E-state index contributed by atoms with van der Waals surface area (Å²) >= 11 is 0. The Hall–Kier alpha value is -5.23. The Bertz CT molecular complexity index is 1490. The average molecular weight is 572 g/mol. The number of aryl methyl sites for hydroxylation is 3. The highest BCUT2D eigenvalue weighted by molar-refractivity contribution is 6.07. The monoisotopic (exact) mass is 571 g/mol. The lowest BCUT2D eigenvalue weighted by atomic mass is 10.3. The Labute approximate surface area is 235 Å². The molecule has 0 aliphatic rings. The number of hydrogen-bond donors (Lipinski definition) is 6. The van der Waals surface area contributed by atoms with Crippen molar-refractivity contribution in [2.24, 2.45) is 37.6 Å². The van der Waals surface area contributed by atoms with Crippen LogP contribution in [0.4, 0.5) is 17.1 Å². The van der Waals surface area contributed by atoms with E-state index >= 15 is 0 Å². The van der Waals surface area contributed by atoms with Gasteiger partial charge < -0.3 is 46.4 Å². The lowest BCUT2D eigenvalue weighted by molar-refractivity contribution is -0.114. The number of guanidine groups is 1. The van der Waals surface area contributed by atoms with Crippen molar-refractivity contribution in [3.05, 3.63) is 53.9 Å². The van der Waals surface area contributed by atoms with Crippen LogP contribution in [0.2, 0.25) is 0 Å². The van der Waals surface area contributed by atoms with E-state index in [2.05, 4.69) is 26.3 Å². The summed E-state index contributed by atoms with van der Waals surface area (Å²) in [5.41, 5.74) is 12.4. The summed E-state index contributed by atoms with van der Waals surface area (Å²) in [6.45, 7) is -0.0361. The van der Waals surface area contributed by atoms with Gasteiger partial charge in [-0.3, -0.25) is 19.2 Å². The normalized spacial score (nSPS) is 10.1. The Kier molecular flexibility index (Phi) is 10.5. The lowest BCUT2D eigenvalue weighted by Gasteiger charge is -2.03. The van der Waals surface area contributed by atoms with E-state index in [1.807, 2.05) is 6.07 Å². The van der Waals surface area contributed by atoms with Crippen molar-refractivity contribution in [1.82, 2.24) is 19.0 Å². The van der Waals surface area contributed by atoms with Gasteiger partial charge >= 0.3 is 0 Å². The molecule has 15 nitrogen and oxygen atoms in total. The number of hydrogen-bond acceptors (Lipinski definition) is 6. The van der Waals surface area contributed by atoms with Crippen LogP contribution in [0.1, 0.15) is 37.9 Å². The summed E-state index contributed by atoms with van der Waals surface area (Å²) in [6, 6.07) is 6.47. The highest BCUT2D eigenvalue weighted by atomic mass is 35.5. The van der Waals surface area contributed by atoms with Crippen LogP contribution >= 0.6 is 12.4 Å². The topological polar surface area (TPSA) is 219 Å². The average Bonchev–Trinajstić information content (AvgIpc) is 3.53. The smallest absolute Gasteiger partial charge is 0.272 e. The molecule has 4 amide bonds. The second kappa shape index (κ2) is 13.5. The van der Waals surface area contributed by atoms with E-state index in [9.17, 15) is 19.2 Å². The Balaban J connectivity index is 0.00000560. The zero-order valence-electron chi connectivity index (χ0n) is 22.0. The van der Waals surface area contributed by atoms with Crippen molar-refractivity contribution in [2.75, 3.05) is 29.0 Å². The number of carbonyl (C=O) groups excluding carboxylic acids is 4. The molecule has 0 unspecified atom stereocenters. The Morgan fingerprint density at radius 1 is 0.800 bits per heavy atom. The Morgan fingerprint density at radius 2 is 1.23 bits per heavy atom. The third kappa shape index (κ3) is 7.88. The molecule has 0 fully saturated rings. The van der Waals surface area contributed by atoms with Crippen LogP contribution in [-0.2, 0) is 25.9 Å². The van der Waals surface area contributed by atoms with Gasteiger partial charge in [-0.2, -0.15) is 5.26 Å². The van der Waals surface area contributed by atoms with E-state index in [0.717, 1.165) is 0 Å². The first-order valence-electron chi connectivity index (χ1n) is 11.6. The molecule has 0 spiro atoms. The molecule has 0 aliphatic heterocycles. The first-order valence-corrected chi connectivity index (χ1v) is 11.6. The van der Waals surface area contributed by atoms with Crippen molar-refractivity contribution >= 4 is 59.1 Å². The van der Waals surface area contributed by atoms with Crippen molar-refractivity contribution in [3.63, 3.8) is 0 Å². The number of anilines is 3. The van der Waals surface area contributed by atoms with Gasteiger partial charge in [0.1, 0.15) is 23.6 Å². The van der Waals surface area contributed by atoms with Gasteiger partial charge in [0.15, 0.2) is 5.96 Å². The number of carbonyl (C=O) groups is 4. The molecule has 0 saturated heterocycles. The van der Waals surface area contributed by atoms with Gasteiger partial charge in [0.25, 0.3) is 17.7 Å². The molecule has 0 bridgehead atoms. The molecular weight excluding hydrogens is 542 g/mol. The maximum absolute atomic E-state index is 12.9. The summed E-state index contributed by atoms with van der Waals surface area (Å²) in [6.07, 6.45) is 4.91. The highest BCUT2D eigenvalue weighted by Gasteiger charge is 2.18. The van der Waals surface area contributed by atoms with Gasteiger partial charge in [0, 0.05) is 46.3 Å². The number of aromatic nitrogens is 3. The van der Waals surface area contributed by atoms with E-state index in [4.69, 9.17) is 16.7 Å². The molecular formula is C24H30ClN11O4. The number of nitriles is 1. The van der Waals surface area contributed by atoms with Crippen molar-refractivity contribution in [2.45, 2.75) is 6.42 Å². The molecule has 0 aromatic carbocycles. The molecule has 3 rings (SSSR count). The SMILES string of the molecule is Cl.Cn1cc(NC(=O)c2cc(NC(=O)c3cc(NC(=O)CN=C(N)N)cn3C)cn2C)cc1C(=O)NCCC#N. The van der Waals surface area contributed by atoms with Crippen LogP contribution in [0, 0.1) is 11.3 Å². The fourth-order valence-corrected chi connectivity index (χ4v) is 3.65. The number of nitrogens with zero attached hydrogens (tertiary/aromatic N) is 5. The van der Waals surface area contributed by atoms with Gasteiger partial charge in [-0.05, 0) is 18.2 Å². The second-order valence-electron chi connectivity index (χ2n) is 8.54. The van der Waals surface area contributed by atoms with E-state index < -0.39 is 17.7 Å². The number of halogens is 1. The van der Waals surface area contributed by atoms with Gasteiger partial charge in [-0.25, -0.2) is 4.99 Å². The van der Waals surface area contributed by atoms with Crippen molar-refractivity contribution in [3.8, 4) is 6.07 Å². The molecule has 0 saturated carbocycles. The van der Waals surface area contributed by atoms with Crippen LogP contribution in [0.15, 0.2) is 41.8 Å². The molecule has 8 N–H and O–H groups in total. The van der Waals surface area contributed by atoms with Crippen molar-refractivity contribution < 1.29 is 19.2 Å². The highest BCUT2D eigenvalue weighted by Crippen LogP contribution is 2.19. The number of rotatable bonds is 10. The molecule has 212 valence electrons. The zero-order valence-corrected chi connectivity index (χ0v) is 22.8. The van der Waals surface area contributed by atoms with Crippen LogP contribution in [0.5, 0.6) is 0 Å². The van der Waals surface area contributed by atoms with E-state index in [1.165, 1.54) is 22.8 Å². The minimum Gasteiger partial charge on any atom is -0.370 e. The molecule has 40 heavy (non-hydrogen) atoms. The molecule has 3 heterocycles. The largest absolute Gasteiger partial charge is 0.370 e. The number of nitrogens with one attached hydrogen (secondary N) is 4. The molecule has 0 atom stereocenters. The van der Waals surface area contributed by atoms with Gasteiger partial charge in [-0.15, -0.1) is 12.4 Å². The van der Waals surface area contributed by atoms with Crippen LogP contribution in [0.25, 0.3) is 0 Å².